The van der Waals surface area contributed by atoms with Crippen molar-refractivity contribution < 1.29 is 38.1 Å². The fraction of sp³-hybridized carbons (Fsp3) is 0.351. The van der Waals surface area contributed by atoms with Crippen molar-refractivity contribution in [2.75, 3.05) is 48.3 Å². The molecule has 47 heavy (non-hydrogen) atoms. The molecule has 0 fully saturated rings. The summed E-state index contributed by atoms with van der Waals surface area (Å²) in [4.78, 5) is 11.9. The highest BCUT2D eigenvalue weighted by Crippen LogP contribution is 2.53. The first-order valence-corrected chi connectivity index (χ1v) is 16.0. The lowest BCUT2D eigenvalue weighted by molar-refractivity contribution is -0.167. The van der Waals surface area contributed by atoms with Crippen LogP contribution in [-0.4, -0.2) is 58.4 Å². The van der Waals surface area contributed by atoms with Gasteiger partial charge in [0, 0.05) is 18.7 Å². The molecule has 5 aliphatic rings. The van der Waals surface area contributed by atoms with Gasteiger partial charge in [-0.3, -0.25) is 0 Å². The molecule has 0 spiro atoms. The molecule has 5 heterocycles. The van der Waals surface area contributed by atoms with Crippen LogP contribution in [0.15, 0.2) is 60.7 Å². The normalized spacial score (nSPS) is 20.0. The second-order valence-electron chi connectivity index (χ2n) is 12.1. The molecule has 6 bridgehead atoms. The van der Waals surface area contributed by atoms with Crippen LogP contribution in [0, 0.1) is 0 Å². The molecule has 4 aromatic carbocycles. The van der Waals surface area contributed by atoms with E-state index in [1.807, 2.05) is 28.3 Å². The molecule has 0 amide bonds. The molecule has 0 saturated heterocycles. The molecular formula is C37H38N2O8. The molecular weight excluding hydrogens is 600 g/mol. The van der Waals surface area contributed by atoms with Gasteiger partial charge in [0.05, 0.1) is 40.5 Å². The van der Waals surface area contributed by atoms with Crippen LogP contribution in [0.5, 0.6) is 46.0 Å². The lowest BCUT2D eigenvalue weighted by atomic mass is 9.88. The van der Waals surface area contributed by atoms with Crippen molar-refractivity contribution >= 4 is 0 Å². The van der Waals surface area contributed by atoms with Gasteiger partial charge < -0.3 is 38.1 Å². The zero-order valence-corrected chi connectivity index (χ0v) is 27.0. The van der Waals surface area contributed by atoms with E-state index in [0.29, 0.717) is 53.1 Å². The molecule has 0 N–H and O–H groups in total. The third-order valence-corrected chi connectivity index (χ3v) is 9.68. The summed E-state index contributed by atoms with van der Waals surface area (Å²) < 4.78 is 37.1. The number of fused-ring (bicyclic) bond motifs is 3. The predicted octanol–water partition coefficient (Wildman–Crippen LogP) is 6.74. The standard InChI is InChI=1S/C37H38N2O8/c1-40-30-10-7-23-16-28-27-20-33(31(41-2)18-24(27)11-13-38(28)42-3)47-37-35-25(19-34-36(37)45-21-44-34)12-14-39(43-4)29(35)15-22-5-8-26(9-6-22)46-32(30)17-23/h5-10,17-20,28-29H,11-16,21H2,1-4H3/t28-,29+/m1/s1. The maximum Gasteiger partial charge on any atom is 0.231 e. The number of hydroxylamine groups is 4. The Morgan fingerprint density at radius 1 is 0.617 bits per heavy atom. The van der Waals surface area contributed by atoms with Gasteiger partial charge in [-0.05, 0) is 96.0 Å². The number of hydrogen-bond donors (Lipinski definition) is 0. The molecule has 10 heteroatoms. The van der Waals surface area contributed by atoms with E-state index in [1.165, 1.54) is 5.56 Å². The fourth-order valence-electron chi connectivity index (χ4n) is 7.36. The molecule has 2 atom stereocenters. The Balaban J connectivity index is 1.34. The molecule has 5 aliphatic heterocycles. The number of methoxy groups -OCH3 is 2. The molecule has 0 saturated carbocycles. The smallest absolute Gasteiger partial charge is 0.231 e. The zero-order chi connectivity index (χ0) is 32.1. The van der Waals surface area contributed by atoms with Gasteiger partial charge in [0.1, 0.15) is 5.75 Å². The Kier molecular flexibility index (Phi) is 7.81. The van der Waals surface area contributed by atoms with E-state index in [1.54, 1.807) is 28.4 Å². The van der Waals surface area contributed by atoms with Crippen LogP contribution >= 0.6 is 0 Å². The summed E-state index contributed by atoms with van der Waals surface area (Å²) in [5.41, 5.74) is 6.66. The highest BCUT2D eigenvalue weighted by molar-refractivity contribution is 5.64. The minimum Gasteiger partial charge on any atom is -0.493 e. The zero-order valence-electron chi connectivity index (χ0n) is 27.0. The van der Waals surface area contributed by atoms with Crippen molar-refractivity contribution in [2.45, 2.75) is 37.8 Å². The van der Waals surface area contributed by atoms with Gasteiger partial charge in [0.2, 0.25) is 12.5 Å². The molecule has 10 nitrogen and oxygen atoms in total. The minimum absolute atomic E-state index is 0.0943. The minimum atomic E-state index is -0.156. The second kappa shape index (κ2) is 12.3. The van der Waals surface area contributed by atoms with Crippen molar-refractivity contribution in [3.63, 3.8) is 0 Å². The van der Waals surface area contributed by atoms with Gasteiger partial charge in [0.25, 0.3) is 0 Å². The summed E-state index contributed by atoms with van der Waals surface area (Å²) in [7, 11) is 6.78. The largest absolute Gasteiger partial charge is 0.493 e. The van der Waals surface area contributed by atoms with Crippen LogP contribution in [-0.2, 0) is 35.4 Å². The topological polar surface area (TPSA) is 80.3 Å². The Morgan fingerprint density at radius 2 is 1.32 bits per heavy atom. The molecule has 0 aliphatic carbocycles. The molecule has 244 valence electrons. The number of hydrogen-bond acceptors (Lipinski definition) is 10. The molecule has 4 aromatic rings. The summed E-state index contributed by atoms with van der Waals surface area (Å²) in [6.45, 7) is 1.59. The van der Waals surface area contributed by atoms with E-state index in [4.69, 9.17) is 38.1 Å². The molecule has 0 aromatic heterocycles. The molecule has 0 radical (unpaired) electrons. The SMILES string of the molecule is COc1ccc2cc1Oc1ccc(cc1)C[C@H]1c3c(cc4c(c3Oc3cc5c(cc3OC)CCN(OC)[C@@H]5C2)OCO4)CCN1OC. The van der Waals surface area contributed by atoms with E-state index in [2.05, 4.69) is 42.5 Å². The Morgan fingerprint density at radius 3 is 2.09 bits per heavy atom. The summed E-state index contributed by atoms with van der Waals surface area (Å²) in [6.07, 6.45) is 2.91. The number of ether oxygens (including phenoxy) is 6. The lowest BCUT2D eigenvalue weighted by Crippen LogP contribution is -2.36. The van der Waals surface area contributed by atoms with Crippen molar-refractivity contribution in [1.82, 2.24) is 10.1 Å². The third-order valence-electron chi connectivity index (χ3n) is 9.68. The van der Waals surface area contributed by atoms with Crippen molar-refractivity contribution in [1.29, 1.82) is 0 Å². The number of rotatable bonds is 4. The average molecular weight is 639 g/mol. The third kappa shape index (κ3) is 5.31. The van der Waals surface area contributed by atoms with Crippen LogP contribution in [0.4, 0.5) is 0 Å². The van der Waals surface area contributed by atoms with Crippen LogP contribution in [0.25, 0.3) is 0 Å². The Bertz CT molecular complexity index is 1810. The van der Waals surface area contributed by atoms with Crippen LogP contribution < -0.4 is 28.4 Å². The van der Waals surface area contributed by atoms with Crippen molar-refractivity contribution in [2.24, 2.45) is 0 Å². The van der Waals surface area contributed by atoms with Gasteiger partial charge in [0.15, 0.2) is 34.5 Å². The van der Waals surface area contributed by atoms with E-state index in [-0.39, 0.29) is 18.9 Å². The second-order valence-corrected chi connectivity index (χ2v) is 12.1. The van der Waals surface area contributed by atoms with Crippen LogP contribution in [0.3, 0.4) is 0 Å². The Labute approximate surface area is 274 Å². The van der Waals surface area contributed by atoms with Gasteiger partial charge in [-0.25, -0.2) is 0 Å². The summed E-state index contributed by atoms with van der Waals surface area (Å²) >= 11 is 0. The van der Waals surface area contributed by atoms with Gasteiger partial charge >= 0.3 is 0 Å². The first-order chi connectivity index (χ1) is 23.1. The van der Waals surface area contributed by atoms with Crippen molar-refractivity contribution in [3.05, 3.63) is 94.0 Å². The van der Waals surface area contributed by atoms with Crippen LogP contribution in [0.1, 0.15) is 45.5 Å². The highest BCUT2D eigenvalue weighted by Gasteiger charge is 2.37. The quantitative estimate of drug-likeness (QED) is 0.240. The van der Waals surface area contributed by atoms with E-state index >= 15 is 0 Å². The predicted molar refractivity (Wildman–Crippen MR) is 173 cm³/mol. The van der Waals surface area contributed by atoms with Gasteiger partial charge in [-0.15, -0.1) is 0 Å². The summed E-state index contributed by atoms with van der Waals surface area (Å²) in [6, 6.07) is 20.3. The van der Waals surface area contributed by atoms with E-state index < -0.39 is 0 Å². The maximum atomic E-state index is 6.99. The van der Waals surface area contributed by atoms with E-state index in [9.17, 15) is 0 Å². The summed E-state index contributed by atoms with van der Waals surface area (Å²) in [5.74, 6) is 5.19. The lowest BCUT2D eigenvalue weighted by Gasteiger charge is -2.37. The first-order valence-electron chi connectivity index (χ1n) is 16.0. The fourth-order valence-corrected chi connectivity index (χ4v) is 7.36. The van der Waals surface area contributed by atoms with Gasteiger partial charge in [-0.2, -0.15) is 10.1 Å². The number of nitrogens with zero attached hydrogens (tertiary/aromatic N) is 2. The molecule has 0 unspecified atom stereocenters. The first kappa shape index (κ1) is 29.9. The molecule has 9 rings (SSSR count). The van der Waals surface area contributed by atoms with Crippen LogP contribution in [0.2, 0.25) is 0 Å². The van der Waals surface area contributed by atoms with Gasteiger partial charge in [-0.1, -0.05) is 18.2 Å². The number of benzene rings is 4. The highest BCUT2D eigenvalue weighted by atomic mass is 16.7. The van der Waals surface area contributed by atoms with E-state index in [0.717, 1.165) is 59.5 Å². The average Bonchev–Trinajstić information content (AvgIpc) is 3.57. The summed E-state index contributed by atoms with van der Waals surface area (Å²) in [5, 5.41) is 4.05. The maximum absolute atomic E-state index is 6.99. The monoisotopic (exact) mass is 638 g/mol. The Hall–Kier alpha value is -4.48. The van der Waals surface area contributed by atoms with Crippen molar-refractivity contribution in [3.8, 4) is 46.0 Å².